The normalized spacial score (nSPS) is 12.7. The molecule has 28 heavy (non-hydrogen) atoms. The molecule has 1 atom stereocenters. The van der Waals surface area contributed by atoms with Crippen molar-refractivity contribution in [2.24, 2.45) is 10.2 Å². The molecule has 2 aromatic carbocycles. The zero-order valence-corrected chi connectivity index (χ0v) is 17.4. The van der Waals surface area contributed by atoms with Crippen LogP contribution >= 0.6 is 46.1 Å². The van der Waals surface area contributed by atoms with Crippen molar-refractivity contribution in [3.8, 4) is 0 Å². The van der Waals surface area contributed by atoms with Crippen molar-refractivity contribution in [1.82, 2.24) is 5.32 Å². The molecule has 1 amide bonds. The molecule has 0 saturated carbocycles. The van der Waals surface area contributed by atoms with Gasteiger partial charge < -0.3 is 10.6 Å². The lowest BCUT2D eigenvalue weighted by Crippen LogP contribution is -2.48. The van der Waals surface area contributed by atoms with Gasteiger partial charge in [0.1, 0.15) is 6.17 Å². The number of hydrogen-bond donors (Lipinski definition) is 2. The Labute approximate surface area is 181 Å². The Morgan fingerprint density at radius 1 is 0.893 bits per heavy atom. The van der Waals surface area contributed by atoms with Gasteiger partial charge in [-0.1, -0.05) is 59.1 Å². The second-order valence-electron chi connectivity index (χ2n) is 5.65. The van der Waals surface area contributed by atoms with Crippen molar-refractivity contribution < 1.29 is 4.79 Å². The second-order valence-corrected chi connectivity index (χ2v) is 8.97. The number of nitrogens with zero attached hydrogens (tertiary/aromatic N) is 2. The monoisotopic (exact) mass is 452 g/mol. The molecular weight excluding hydrogens is 439 g/mol. The quantitative estimate of drug-likeness (QED) is 0.248. The number of rotatable bonds is 6. The van der Waals surface area contributed by atoms with Crippen molar-refractivity contribution in [3.05, 3.63) is 77.0 Å². The van der Waals surface area contributed by atoms with Gasteiger partial charge in [0, 0.05) is 5.69 Å². The lowest BCUT2D eigenvalue weighted by molar-refractivity contribution is 0.0946. The summed E-state index contributed by atoms with van der Waals surface area (Å²) in [6, 6.07) is 20.0. The van der Waals surface area contributed by atoms with E-state index >= 15 is 0 Å². The Morgan fingerprint density at radius 2 is 1.54 bits per heavy atom. The van der Waals surface area contributed by atoms with Gasteiger partial charge in [0.2, 0.25) is 3.79 Å². The molecule has 3 rings (SSSR count). The number of amides is 1. The molecule has 0 aliphatic heterocycles. The molecule has 144 valence electrons. The highest BCUT2D eigenvalue weighted by molar-refractivity contribution is 7.12. The molecule has 0 bridgehead atoms. The van der Waals surface area contributed by atoms with E-state index < -0.39 is 9.96 Å². The molecule has 1 unspecified atom stereocenters. The molecule has 0 aliphatic carbocycles. The SMILES string of the molecule is O=C(NC(Nc1ccc(N=Nc2ccccc2)cc1)C(Cl)(Cl)Cl)c1cccs1. The van der Waals surface area contributed by atoms with Gasteiger partial charge in [-0.25, -0.2) is 0 Å². The van der Waals surface area contributed by atoms with Crippen molar-refractivity contribution >= 4 is 69.1 Å². The van der Waals surface area contributed by atoms with Crippen LogP contribution in [0.15, 0.2) is 82.3 Å². The standard InChI is InChI=1S/C19H15Cl3N4OS/c20-19(21,22)18(24-17(27)16-7-4-12-28-16)23-13-8-10-15(11-9-13)26-25-14-5-2-1-3-6-14/h1-12,18,23H,(H,24,27). The van der Waals surface area contributed by atoms with Crippen LogP contribution < -0.4 is 10.6 Å². The number of alkyl halides is 3. The van der Waals surface area contributed by atoms with Crippen LogP contribution in [-0.2, 0) is 0 Å². The van der Waals surface area contributed by atoms with E-state index in [2.05, 4.69) is 20.9 Å². The first-order chi connectivity index (χ1) is 13.4. The van der Waals surface area contributed by atoms with Gasteiger partial charge >= 0.3 is 0 Å². The van der Waals surface area contributed by atoms with Crippen LogP contribution in [-0.4, -0.2) is 15.9 Å². The van der Waals surface area contributed by atoms with Gasteiger partial charge in [0.05, 0.1) is 16.3 Å². The van der Waals surface area contributed by atoms with Crippen LogP contribution in [0, 0.1) is 0 Å². The van der Waals surface area contributed by atoms with Gasteiger partial charge in [-0.3, -0.25) is 4.79 Å². The number of benzene rings is 2. The highest BCUT2D eigenvalue weighted by Crippen LogP contribution is 2.32. The first-order valence-electron chi connectivity index (χ1n) is 8.16. The average molecular weight is 454 g/mol. The van der Waals surface area contributed by atoms with Gasteiger partial charge in [-0.2, -0.15) is 10.2 Å². The molecular formula is C19H15Cl3N4OS. The van der Waals surface area contributed by atoms with E-state index in [0.717, 1.165) is 5.69 Å². The highest BCUT2D eigenvalue weighted by Gasteiger charge is 2.34. The first kappa shape index (κ1) is 20.6. The summed E-state index contributed by atoms with van der Waals surface area (Å²) in [5, 5.41) is 15.8. The smallest absolute Gasteiger partial charge is 0.263 e. The molecule has 2 N–H and O–H groups in total. The molecule has 0 radical (unpaired) electrons. The minimum atomic E-state index is -1.75. The third-order valence-corrected chi connectivity index (χ3v) is 5.09. The Morgan fingerprint density at radius 3 is 2.11 bits per heavy atom. The van der Waals surface area contributed by atoms with E-state index in [9.17, 15) is 4.79 Å². The molecule has 1 heterocycles. The molecule has 9 heteroatoms. The summed E-state index contributed by atoms with van der Waals surface area (Å²) >= 11 is 19.4. The molecule has 1 aromatic heterocycles. The van der Waals surface area contributed by atoms with Gasteiger partial charge in [0.15, 0.2) is 0 Å². The summed E-state index contributed by atoms with van der Waals surface area (Å²) < 4.78 is -1.75. The molecule has 5 nitrogen and oxygen atoms in total. The molecule has 0 aliphatic rings. The van der Waals surface area contributed by atoms with Crippen molar-refractivity contribution in [2.45, 2.75) is 9.96 Å². The fourth-order valence-corrected chi connectivity index (χ4v) is 3.17. The minimum absolute atomic E-state index is 0.327. The van der Waals surface area contributed by atoms with E-state index in [1.165, 1.54) is 11.3 Å². The zero-order valence-electron chi connectivity index (χ0n) is 14.4. The summed E-state index contributed by atoms with van der Waals surface area (Å²) in [6.45, 7) is 0. The number of carbonyl (C=O) groups is 1. The molecule has 0 saturated heterocycles. The summed E-state index contributed by atoms with van der Waals surface area (Å²) in [5.41, 5.74) is 2.08. The number of carbonyl (C=O) groups excluding carboxylic acids is 1. The third-order valence-electron chi connectivity index (χ3n) is 3.56. The summed E-state index contributed by atoms with van der Waals surface area (Å²) in [7, 11) is 0. The van der Waals surface area contributed by atoms with Crippen molar-refractivity contribution in [2.75, 3.05) is 5.32 Å². The highest BCUT2D eigenvalue weighted by atomic mass is 35.6. The predicted molar refractivity (Wildman–Crippen MR) is 117 cm³/mol. The Hall–Kier alpha value is -2.12. The Bertz CT molecular complexity index is 926. The number of nitrogens with one attached hydrogen (secondary N) is 2. The maximum absolute atomic E-state index is 12.3. The number of halogens is 3. The van der Waals surface area contributed by atoms with Crippen LogP contribution in [0.4, 0.5) is 17.1 Å². The number of anilines is 1. The van der Waals surface area contributed by atoms with Crippen molar-refractivity contribution in [3.63, 3.8) is 0 Å². The number of azo groups is 1. The number of hydrogen-bond acceptors (Lipinski definition) is 5. The molecule has 0 spiro atoms. The van der Waals surface area contributed by atoms with E-state index in [4.69, 9.17) is 34.8 Å². The van der Waals surface area contributed by atoms with E-state index in [1.807, 2.05) is 30.3 Å². The Kier molecular flexibility index (Phi) is 6.91. The lowest BCUT2D eigenvalue weighted by atomic mass is 10.3. The zero-order chi connectivity index (χ0) is 20.0. The summed E-state index contributed by atoms with van der Waals surface area (Å²) in [5.74, 6) is -0.327. The summed E-state index contributed by atoms with van der Waals surface area (Å²) in [4.78, 5) is 12.8. The third kappa shape index (κ3) is 5.94. The molecule has 0 fully saturated rings. The average Bonchev–Trinajstić information content (AvgIpc) is 3.22. The largest absolute Gasteiger partial charge is 0.362 e. The van der Waals surface area contributed by atoms with Gasteiger partial charge in [-0.05, 0) is 47.8 Å². The van der Waals surface area contributed by atoms with E-state index in [0.29, 0.717) is 16.3 Å². The van der Waals surface area contributed by atoms with Crippen LogP contribution in [0.5, 0.6) is 0 Å². The minimum Gasteiger partial charge on any atom is -0.362 e. The predicted octanol–water partition coefficient (Wildman–Crippen LogP) is 6.70. The first-order valence-corrected chi connectivity index (χ1v) is 10.2. The van der Waals surface area contributed by atoms with Crippen LogP contribution in [0.2, 0.25) is 0 Å². The van der Waals surface area contributed by atoms with Crippen molar-refractivity contribution in [1.29, 1.82) is 0 Å². The van der Waals surface area contributed by atoms with Crippen LogP contribution in [0.3, 0.4) is 0 Å². The maximum Gasteiger partial charge on any atom is 0.263 e. The topological polar surface area (TPSA) is 65.8 Å². The Balaban J connectivity index is 1.67. The van der Waals surface area contributed by atoms with E-state index in [1.54, 1.807) is 41.8 Å². The molecule has 3 aromatic rings. The van der Waals surface area contributed by atoms with Gasteiger partial charge in [-0.15, -0.1) is 11.3 Å². The summed E-state index contributed by atoms with van der Waals surface area (Å²) in [6.07, 6.45) is -0.927. The van der Waals surface area contributed by atoms with Crippen LogP contribution in [0.25, 0.3) is 0 Å². The number of thiophene rings is 1. The maximum atomic E-state index is 12.3. The van der Waals surface area contributed by atoms with Gasteiger partial charge in [0.25, 0.3) is 5.91 Å². The second kappa shape index (κ2) is 9.39. The lowest BCUT2D eigenvalue weighted by Gasteiger charge is -2.27. The van der Waals surface area contributed by atoms with Crippen LogP contribution in [0.1, 0.15) is 9.67 Å². The van der Waals surface area contributed by atoms with E-state index in [-0.39, 0.29) is 5.91 Å². The fourth-order valence-electron chi connectivity index (χ4n) is 2.21. The fraction of sp³-hybridized carbons (Fsp3) is 0.105.